The van der Waals surface area contributed by atoms with Crippen molar-refractivity contribution < 1.29 is 19.3 Å². The van der Waals surface area contributed by atoms with Gasteiger partial charge >= 0.3 is 0 Å². The fraction of sp³-hybridized carbons (Fsp3) is 0.316. The topological polar surface area (TPSA) is 118 Å². The Balaban J connectivity index is 1.84. The molecule has 0 fully saturated rings. The van der Waals surface area contributed by atoms with Gasteiger partial charge in [0.15, 0.2) is 12.6 Å². The summed E-state index contributed by atoms with van der Waals surface area (Å²) in [5.41, 5.74) is 9.03. The third-order valence-electron chi connectivity index (χ3n) is 3.96. The number of nitrogen functional groups attached to an aromatic ring is 1. The molecule has 0 aliphatic carbocycles. The molecule has 0 radical (unpaired) electrons. The molecule has 0 aliphatic heterocycles. The Morgan fingerprint density at radius 2 is 2.00 bits per heavy atom. The van der Waals surface area contributed by atoms with Crippen LogP contribution in [-0.4, -0.2) is 58.8 Å². The number of para-hydroxylation sites is 1. The quantitative estimate of drug-likeness (QED) is 0.399. The second-order valence-electron chi connectivity index (χ2n) is 5.90. The van der Waals surface area contributed by atoms with Crippen molar-refractivity contribution in [3.8, 4) is 28.1 Å². The molecule has 9 nitrogen and oxygen atoms in total. The average Bonchev–Trinajstić information content (AvgIpc) is 3.19. The van der Waals surface area contributed by atoms with Crippen LogP contribution in [0.5, 0.6) is 5.75 Å². The molecule has 148 valence electrons. The maximum atomic E-state index is 8.74. The predicted molar refractivity (Wildman–Crippen MR) is 104 cm³/mol. The molecular formula is C19H23N5O4. The molecule has 0 saturated carbocycles. The van der Waals surface area contributed by atoms with Crippen molar-refractivity contribution in [3.63, 3.8) is 0 Å². The number of aromatic nitrogens is 4. The van der Waals surface area contributed by atoms with E-state index >= 15 is 0 Å². The molecule has 3 rings (SSSR count). The van der Waals surface area contributed by atoms with Gasteiger partial charge in [-0.3, -0.25) is 4.68 Å². The van der Waals surface area contributed by atoms with E-state index in [1.54, 1.807) is 18.0 Å². The third-order valence-corrected chi connectivity index (χ3v) is 3.96. The fourth-order valence-corrected chi connectivity index (χ4v) is 2.64. The predicted octanol–water partition coefficient (Wildman–Crippen LogP) is 1.58. The molecule has 0 unspecified atom stereocenters. The number of anilines is 1. The van der Waals surface area contributed by atoms with Gasteiger partial charge in [0.05, 0.1) is 38.3 Å². The molecule has 0 bridgehead atoms. The normalized spacial score (nSPS) is 10.9. The van der Waals surface area contributed by atoms with Gasteiger partial charge in [0.25, 0.3) is 0 Å². The highest BCUT2D eigenvalue weighted by molar-refractivity contribution is 5.78. The summed E-state index contributed by atoms with van der Waals surface area (Å²) in [5, 5.41) is 21.4. The number of ether oxygens (including phenoxy) is 3. The lowest BCUT2D eigenvalue weighted by atomic mass is 10.1. The van der Waals surface area contributed by atoms with Gasteiger partial charge in [0.2, 0.25) is 0 Å². The monoisotopic (exact) mass is 385 g/mol. The zero-order chi connectivity index (χ0) is 19.8. The third kappa shape index (κ3) is 4.83. The summed E-state index contributed by atoms with van der Waals surface area (Å²) in [4.78, 5) is 0. The lowest BCUT2D eigenvalue weighted by Crippen LogP contribution is -2.08. The number of nitrogens with zero attached hydrogens (tertiary/aromatic N) is 4. The summed E-state index contributed by atoms with van der Waals surface area (Å²) < 4.78 is 17.6. The van der Waals surface area contributed by atoms with Crippen molar-refractivity contribution in [1.82, 2.24) is 20.0 Å². The lowest BCUT2D eigenvalue weighted by Gasteiger charge is -2.11. The number of hydrogen-bond acceptors (Lipinski definition) is 8. The minimum Gasteiger partial charge on any atom is -0.467 e. The van der Waals surface area contributed by atoms with Crippen molar-refractivity contribution in [2.45, 2.75) is 6.54 Å². The molecule has 1 aromatic carbocycles. The van der Waals surface area contributed by atoms with E-state index in [-0.39, 0.29) is 13.4 Å². The number of nitrogens with two attached hydrogens (primary N) is 1. The molecule has 0 saturated heterocycles. The molecule has 3 aromatic rings. The van der Waals surface area contributed by atoms with Crippen LogP contribution in [0.2, 0.25) is 0 Å². The van der Waals surface area contributed by atoms with Crippen molar-refractivity contribution in [1.29, 1.82) is 0 Å². The molecule has 9 heteroatoms. The maximum Gasteiger partial charge on any atom is 0.188 e. The number of aliphatic hydroxyl groups excluding tert-OH is 1. The zero-order valence-electron chi connectivity index (χ0n) is 15.6. The minimum absolute atomic E-state index is 0.00191. The highest BCUT2D eigenvalue weighted by Crippen LogP contribution is 2.32. The number of aliphatic hydroxyl groups is 1. The Morgan fingerprint density at radius 1 is 1.14 bits per heavy atom. The van der Waals surface area contributed by atoms with E-state index < -0.39 is 0 Å². The Hall–Kier alpha value is -3.01. The van der Waals surface area contributed by atoms with Crippen LogP contribution < -0.4 is 10.5 Å². The minimum atomic E-state index is 0.00191. The average molecular weight is 385 g/mol. The van der Waals surface area contributed by atoms with Crippen LogP contribution in [0, 0.1) is 0 Å². The largest absolute Gasteiger partial charge is 0.467 e. The maximum absolute atomic E-state index is 8.74. The first-order chi connectivity index (χ1) is 13.7. The van der Waals surface area contributed by atoms with Crippen LogP contribution in [0.4, 0.5) is 5.82 Å². The summed E-state index contributed by atoms with van der Waals surface area (Å²) in [6.45, 7) is 1.47. The van der Waals surface area contributed by atoms with Crippen LogP contribution in [0.25, 0.3) is 22.4 Å². The fourth-order valence-electron chi connectivity index (χ4n) is 2.64. The van der Waals surface area contributed by atoms with Gasteiger partial charge < -0.3 is 25.1 Å². The zero-order valence-corrected chi connectivity index (χ0v) is 15.6. The first-order valence-electron chi connectivity index (χ1n) is 8.78. The Kier molecular flexibility index (Phi) is 6.90. The van der Waals surface area contributed by atoms with E-state index in [9.17, 15) is 0 Å². The first-order valence-corrected chi connectivity index (χ1v) is 8.78. The van der Waals surface area contributed by atoms with Gasteiger partial charge in [0.1, 0.15) is 5.75 Å². The number of hydrogen-bond donors (Lipinski definition) is 2. The smallest absolute Gasteiger partial charge is 0.188 e. The molecule has 3 N–H and O–H groups in total. The van der Waals surface area contributed by atoms with Crippen molar-refractivity contribution in [2.24, 2.45) is 0 Å². The van der Waals surface area contributed by atoms with Gasteiger partial charge in [-0.2, -0.15) is 5.10 Å². The van der Waals surface area contributed by atoms with Crippen LogP contribution in [0.15, 0.2) is 42.7 Å². The van der Waals surface area contributed by atoms with E-state index in [1.165, 1.54) is 0 Å². The van der Waals surface area contributed by atoms with E-state index in [1.807, 2.05) is 36.5 Å². The van der Waals surface area contributed by atoms with E-state index in [0.717, 1.165) is 16.7 Å². The summed E-state index contributed by atoms with van der Waals surface area (Å²) in [5.74, 6) is 0.959. The molecule has 0 aliphatic rings. The van der Waals surface area contributed by atoms with E-state index in [0.29, 0.717) is 37.0 Å². The Morgan fingerprint density at radius 3 is 2.82 bits per heavy atom. The summed E-state index contributed by atoms with van der Waals surface area (Å²) in [6.07, 6.45) is 3.59. The first kappa shape index (κ1) is 19.7. The van der Waals surface area contributed by atoms with Crippen molar-refractivity contribution in [3.05, 3.63) is 42.7 Å². The Bertz CT molecular complexity index is 900. The molecule has 0 atom stereocenters. The summed E-state index contributed by atoms with van der Waals surface area (Å²) in [6, 6.07) is 9.38. The summed E-state index contributed by atoms with van der Waals surface area (Å²) >= 11 is 0. The second-order valence-corrected chi connectivity index (χ2v) is 5.90. The van der Waals surface area contributed by atoms with E-state index in [4.69, 9.17) is 25.1 Å². The standard InChI is InChI=1S/C19H23N5O4/c1-26-13-28-18-5-3-2-4-15(18)17-10-16(19(20)23-22-17)14-11-21-24(12-14)6-8-27-9-7-25/h2-5,10-12,25H,6-9,13H2,1H3,(H2,20,23). The van der Waals surface area contributed by atoms with Gasteiger partial charge in [0, 0.05) is 30.0 Å². The Labute approximate surface area is 162 Å². The molecule has 0 spiro atoms. The van der Waals surface area contributed by atoms with Crippen LogP contribution in [0.3, 0.4) is 0 Å². The molecule has 2 heterocycles. The van der Waals surface area contributed by atoms with E-state index in [2.05, 4.69) is 15.3 Å². The highest BCUT2D eigenvalue weighted by Gasteiger charge is 2.13. The number of rotatable bonds is 10. The molecule has 2 aromatic heterocycles. The van der Waals surface area contributed by atoms with Crippen molar-refractivity contribution >= 4 is 5.82 Å². The van der Waals surface area contributed by atoms with Crippen LogP contribution in [0.1, 0.15) is 0 Å². The van der Waals surface area contributed by atoms with Gasteiger partial charge in [-0.15, -0.1) is 10.2 Å². The molecular weight excluding hydrogens is 362 g/mol. The van der Waals surface area contributed by atoms with Crippen molar-refractivity contribution in [2.75, 3.05) is 39.5 Å². The number of methoxy groups -OCH3 is 1. The van der Waals surface area contributed by atoms with Gasteiger partial charge in [-0.25, -0.2) is 0 Å². The highest BCUT2D eigenvalue weighted by atomic mass is 16.7. The molecule has 0 amide bonds. The van der Waals surface area contributed by atoms with Crippen LogP contribution >= 0.6 is 0 Å². The van der Waals surface area contributed by atoms with Gasteiger partial charge in [-0.05, 0) is 18.2 Å². The van der Waals surface area contributed by atoms with Gasteiger partial charge in [-0.1, -0.05) is 12.1 Å². The SMILES string of the molecule is COCOc1ccccc1-c1cc(-c2cnn(CCOCCO)c2)c(N)nn1. The molecule has 28 heavy (non-hydrogen) atoms. The van der Waals surface area contributed by atoms with Crippen LogP contribution in [-0.2, 0) is 16.0 Å². The lowest BCUT2D eigenvalue weighted by molar-refractivity contribution is 0.0515. The number of benzene rings is 1. The summed E-state index contributed by atoms with van der Waals surface area (Å²) in [7, 11) is 1.57. The second kappa shape index (κ2) is 9.79.